The Bertz CT molecular complexity index is 662. The largest absolute Gasteiger partial charge is 0.476 e. The second kappa shape index (κ2) is 6.24. The minimum atomic E-state index is -1.08. The zero-order valence-electron chi connectivity index (χ0n) is 11.1. The number of benzene rings is 1. The Labute approximate surface area is 126 Å². The number of nitrogens with zero attached hydrogens (tertiary/aromatic N) is 2. The lowest BCUT2D eigenvalue weighted by Gasteiger charge is -2.13. The van der Waals surface area contributed by atoms with Gasteiger partial charge < -0.3 is 5.11 Å². The highest BCUT2D eigenvalue weighted by Crippen LogP contribution is 2.33. The van der Waals surface area contributed by atoms with Crippen molar-refractivity contribution < 1.29 is 9.90 Å². The molecular weight excluding hydrogens is 296 g/mol. The number of aromatic nitrogens is 2. The van der Waals surface area contributed by atoms with E-state index in [1.165, 1.54) is 11.8 Å². The van der Waals surface area contributed by atoms with Gasteiger partial charge in [-0.2, -0.15) is 0 Å². The van der Waals surface area contributed by atoms with Crippen LogP contribution in [0.5, 0.6) is 0 Å². The first kappa shape index (κ1) is 14.8. The van der Waals surface area contributed by atoms with E-state index in [0.717, 1.165) is 0 Å². The van der Waals surface area contributed by atoms with Crippen LogP contribution in [0.25, 0.3) is 11.1 Å². The number of halogens is 1. The average molecular weight is 309 g/mol. The van der Waals surface area contributed by atoms with Crippen molar-refractivity contribution in [1.82, 2.24) is 9.97 Å². The third kappa shape index (κ3) is 2.78. The molecule has 0 saturated carbocycles. The molecular formula is C14H13ClN2O2S. The van der Waals surface area contributed by atoms with Crippen LogP contribution >= 0.6 is 23.4 Å². The second-order valence-corrected chi connectivity index (χ2v) is 5.20. The molecule has 2 rings (SSSR count). The standard InChI is InChI=1S/C14H13ClN2O2S/c1-3-10-11(8-6-4-5-7-9(8)15)12(13(18)19)17-14(16-10)20-2/h4-7H,3H2,1-2H3,(H,18,19). The normalized spacial score (nSPS) is 10.6. The maximum Gasteiger partial charge on any atom is 0.355 e. The number of aromatic carboxylic acids is 1. The fourth-order valence-electron chi connectivity index (χ4n) is 1.93. The van der Waals surface area contributed by atoms with E-state index in [2.05, 4.69) is 9.97 Å². The quantitative estimate of drug-likeness (QED) is 0.688. The van der Waals surface area contributed by atoms with Crippen molar-refractivity contribution in [3.63, 3.8) is 0 Å². The first-order chi connectivity index (χ1) is 9.58. The van der Waals surface area contributed by atoms with Crippen LogP contribution < -0.4 is 0 Å². The molecule has 0 amide bonds. The van der Waals surface area contributed by atoms with Crippen LogP contribution in [0.3, 0.4) is 0 Å². The van der Waals surface area contributed by atoms with Crippen LogP contribution in [0.15, 0.2) is 29.4 Å². The molecule has 0 bridgehead atoms. The zero-order chi connectivity index (χ0) is 14.7. The summed E-state index contributed by atoms with van der Waals surface area (Å²) < 4.78 is 0. The number of carboxylic acids is 1. The van der Waals surface area contributed by atoms with E-state index in [0.29, 0.717) is 33.4 Å². The molecule has 0 fully saturated rings. The van der Waals surface area contributed by atoms with Crippen molar-refractivity contribution in [3.8, 4) is 11.1 Å². The molecule has 2 aromatic rings. The van der Waals surface area contributed by atoms with E-state index in [1.54, 1.807) is 18.2 Å². The van der Waals surface area contributed by atoms with Crippen molar-refractivity contribution in [1.29, 1.82) is 0 Å². The molecule has 1 aromatic carbocycles. The molecule has 1 aromatic heterocycles. The SMILES string of the molecule is CCc1nc(SC)nc(C(=O)O)c1-c1ccccc1Cl. The van der Waals surface area contributed by atoms with Crippen LogP contribution in [-0.4, -0.2) is 27.3 Å². The number of carboxylic acid groups (broad SMARTS) is 1. The van der Waals surface area contributed by atoms with Gasteiger partial charge in [0.25, 0.3) is 0 Å². The molecule has 0 spiro atoms. The number of rotatable bonds is 4. The van der Waals surface area contributed by atoms with Gasteiger partial charge in [-0.3, -0.25) is 0 Å². The van der Waals surface area contributed by atoms with Crippen molar-refractivity contribution in [2.24, 2.45) is 0 Å². The lowest BCUT2D eigenvalue weighted by molar-refractivity contribution is 0.0690. The summed E-state index contributed by atoms with van der Waals surface area (Å²) in [4.78, 5) is 20.0. The summed E-state index contributed by atoms with van der Waals surface area (Å²) >= 11 is 7.50. The lowest BCUT2D eigenvalue weighted by atomic mass is 10.0. The molecule has 0 aliphatic carbocycles. The predicted octanol–water partition coefficient (Wildman–Crippen LogP) is 3.78. The summed E-state index contributed by atoms with van der Waals surface area (Å²) in [5.74, 6) is -1.08. The van der Waals surface area contributed by atoms with Gasteiger partial charge in [0.05, 0.1) is 5.69 Å². The topological polar surface area (TPSA) is 63.1 Å². The van der Waals surface area contributed by atoms with Gasteiger partial charge >= 0.3 is 5.97 Å². The van der Waals surface area contributed by atoms with Gasteiger partial charge in [0.15, 0.2) is 10.9 Å². The first-order valence-corrected chi connectivity index (χ1v) is 7.61. The van der Waals surface area contributed by atoms with Crippen LogP contribution in [0.1, 0.15) is 23.1 Å². The highest BCUT2D eigenvalue weighted by atomic mass is 35.5. The van der Waals surface area contributed by atoms with E-state index >= 15 is 0 Å². The highest BCUT2D eigenvalue weighted by molar-refractivity contribution is 7.98. The van der Waals surface area contributed by atoms with Crippen molar-refractivity contribution in [2.75, 3.05) is 6.26 Å². The third-order valence-corrected chi connectivity index (χ3v) is 3.70. The van der Waals surface area contributed by atoms with Crippen molar-refractivity contribution in [2.45, 2.75) is 18.5 Å². The molecule has 0 atom stereocenters. The van der Waals surface area contributed by atoms with Crippen molar-refractivity contribution in [3.05, 3.63) is 40.7 Å². The Morgan fingerprint density at radius 1 is 1.35 bits per heavy atom. The summed E-state index contributed by atoms with van der Waals surface area (Å²) in [7, 11) is 0. The summed E-state index contributed by atoms with van der Waals surface area (Å²) in [6.45, 7) is 1.93. The van der Waals surface area contributed by atoms with E-state index in [-0.39, 0.29) is 5.69 Å². The van der Waals surface area contributed by atoms with Crippen LogP contribution in [-0.2, 0) is 6.42 Å². The fraction of sp³-hybridized carbons (Fsp3) is 0.214. The van der Waals surface area contributed by atoms with Gasteiger partial charge in [-0.25, -0.2) is 14.8 Å². The number of hydrogen-bond acceptors (Lipinski definition) is 4. The van der Waals surface area contributed by atoms with Gasteiger partial charge in [0, 0.05) is 16.1 Å². The Hall–Kier alpha value is -1.59. The average Bonchev–Trinajstić information content (AvgIpc) is 2.46. The smallest absolute Gasteiger partial charge is 0.355 e. The number of aryl methyl sites for hydroxylation is 1. The van der Waals surface area contributed by atoms with Gasteiger partial charge in [-0.15, -0.1) is 0 Å². The maximum absolute atomic E-state index is 11.5. The summed E-state index contributed by atoms with van der Waals surface area (Å²) in [6.07, 6.45) is 2.42. The molecule has 0 radical (unpaired) electrons. The van der Waals surface area contributed by atoms with Gasteiger partial charge in [0.1, 0.15) is 0 Å². The van der Waals surface area contributed by atoms with Gasteiger partial charge in [-0.1, -0.05) is 48.5 Å². The van der Waals surface area contributed by atoms with Crippen LogP contribution in [0.4, 0.5) is 0 Å². The third-order valence-electron chi connectivity index (χ3n) is 2.83. The molecule has 20 heavy (non-hydrogen) atoms. The van der Waals surface area contributed by atoms with E-state index in [1.807, 2.05) is 19.2 Å². The Balaban J connectivity index is 2.79. The number of thioether (sulfide) groups is 1. The Morgan fingerprint density at radius 2 is 2.05 bits per heavy atom. The summed E-state index contributed by atoms with van der Waals surface area (Å²) in [5, 5.41) is 10.4. The molecule has 1 heterocycles. The summed E-state index contributed by atoms with van der Waals surface area (Å²) in [6, 6.07) is 7.12. The fourth-order valence-corrected chi connectivity index (χ4v) is 2.55. The van der Waals surface area contributed by atoms with Gasteiger partial charge in [-0.05, 0) is 18.7 Å². The van der Waals surface area contributed by atoms with E-state index in [9.17, 15) is 9.90 Å². The molecule has 6 heteroatoms. The Morgan fingerprint density at radius 3 is 2.60 bits per heavy atom. The molecule has 1 N–H and O–H groups in total. The predicted molar refractivity (Wildman–Crippen MR) is 80.6 cm³/mol. The minimum absolute atomic E-state index is 0.00528. The number of hydrogen-bond donors (Lipinski definition) is 1. The second-order valence-electron chi connectivity index (χ2n) is 4.02. The molecule has 104 valence electrons. The molecule has 0 aliphatic heterocycles. The summed E-state index contributed by atoms with van der Waals surface area (Å²) in [5.41, 5.74) is 1.84. The molecule has 0 saturated heterocycles. The van der Waals surface area contributed by atoms with E-state index in [4.69, 9.17) is 11.6 Å². The van der Waals surface area contributed by atoms with E-state index < -0.39 is 5.97 Å². The van der Waals surface area contributed by atoms with Crippen LogP contribution in [0.2, 0.25) is 5.02 Å². The molecule has 0 unspecified atom stereocenters. The minimum Gasteiger partial charge on any atom is -0.476 e. The van der Waals surface area contributed by atoms with Gasteiger partial charge in [0.2, 0.25) is 0 Å². The first-order valence-electron chi connectivity index (χ1n) is 6.01. The molecule has 0 aliphatic rings. The number of carbonyl (C=O) groups is 1. The molecule has 4 nitrogen and oxygen atoms in total. The Kier molecular flexibility index (Phi) is 4.62. The maximum atomic E-state index is 11.5. The monoisotopic (exact) mass is 308 g/mol. The van der Waals surface area contributed by atoms with Crippen molar-refractivity contribution >= 4 is 29.3 Å². The van der Waals surface area contributed by atoms with Crippen LogP contribution in [0, 0.1) is 0 Å². The zero-order valence-corrected chi connectivity index (χ0v) is 12.6. The lowest BCUT2D eigenvalue weighted by Crippen LogP contribution is -2.09. The highest BCUT2D eigenvalue weighted by Gasteiger charge is 2.21.